The van der Waals surface area contributed by atoms with Gasteiger partial charge in [0.05, 0.1) is 37.2 Å². The van der Waals surface area contributed by atoms with Gasteiger partial charge in [0.15, 0.2) is 23.0 Å². The normalized spacial score (nSPS) is 22.9. The first kappa shape index (κ1) is 47.4. The lowest BCUT2D eigenvalue weighted by atomic mass is 9.94. The van der Waals surface area contributed by atoms with Crippen LogP contribution in [0.5, 0.6) is 11.5 Å². The van der Waals surface area contributed by atoms with Crippen molar-refractivity contribution in [3.63, 3.8) is 0 Å². The second kappa shape index (κ2) is 17.7. The number of amides is 2. The summed E-state index contributed by atoms with van der Waals surface area (Å²) >= 11 is 1.25. The van der Waals surface area contributed by atoms with E-state index in [1.54, 1.807) is 66.0 Å². The molecule has 0 bridgehead atoms. The van der Waals surface area contributed by atoms with E-state index < -0.39 is 95.2 Å². The summed E-state index contributed by atoms with van der Waals surface area (Å²) in [5.41, 5.74) is -3.90. The Bertz CT molecular complexity index is 2700. The van der Waals surface area contributed by atoms with Crippen molar-refractivity contribution in [2.45, 2.75) is 115 Å². The van der Waals surface area contributed by atoms with Gasteiger partial charge < -0.3 is 38.2 Å². The molecule has 9 rings (SSSR count). The van der Waals surface area contributed by atoms with Crippen LogP contribution in [-0.4, -0.2) is 105 Å². The molecule has 3 aromatic carbocycles. The van der Waals surface area contributed by atoms with Crippen molar-refractivity contribution in [2.75, 3.05) is 19.8 Å². The van der Waals surface area contributed by atoms with E-state index in [-0.39, 0.29) is 49.6 Å². The third-order valence-electron chi connectivity index (χ3n) is 12.1. The van der Waals surface area contributed by atoms with E-state index in [9.17, 15) is 28.8 Å². The molecule has 1 aromatic heterocycles. The maximum Gasteiger partial charge on any atom is 0.375 e. The second-order valence-electron chi connectivity index (χ2n) is 19.5. The molecule has 3 fully saturated rings. The standard InChI is InChI=1S/C50H52N4O14S/c1-29-51-35(28-69-29)40(52-68-48(18-20-61-21-19-48)44(59)66-46(2,3)4)37(55)22-31-27-62-54(41(31)56)49(45(60)67-47(5,6)7)25-36(43(58)65-49)53-26-30-23-38-39(24-34(30)42(53)57)64-50(63-38,32-14-10-8-11-15-32)33-16-12-9-13-17-33/h8-17,23-24,28,31,36H,18-22,25-27H2,1-7H3/b52-40-/t31-,36-,49?/m0/s1. The van der Waals surface area contributed by atoms with Gasteiger partial charge in [0.25, 0.3) is 11.8 Å². The first-order chi connectivity index (χ1) is 32.7. The topological polar surface area (TPSA) is 208 Å². The number of ether oxygens (including phenoxy) is 6. The van der Waals surface area contributed by atoms with E-state index >= 15 is 0 Å². The summed E-state index contributed by atoms with van der Waals surface area (Å²) in [4.78, 5) is 103. The number of hydroxylamine groups is 2. The Hall–Kier alpha value is -6.70. The number of nitrogens with zero attached hydrogens (tertiary/aromatic N) is 4. The van der Waals surface area contributed by atoms with E-state index in [4.69, 9.17) is 38.1 Å². The summed E-state index contributed by atoms with van der Waals surface area (Å²) in [6, 6.07) is 20.7. The molecule has 0 saturated carbocycles. The van der Waals surface area contributed by atoms with Crippen LogP contribution in [0.2, 0.25) is 0 Å². The number of fused-ring (bicyclic) bond motifs is 2. The molecule has 0 spiro atoms. The minimum absolute atomic E-state index is 0.0763. The summed E-state index contributed by atoms with van der Waals surface area (Å²) in [6.07, 6.45) is -0.865. The minimum Gasteiger partial charge on any atom is -0.457 e. The highest BCUT2D eigenvalue weighted by Crippen LogP contribution is 2.50. The predicted octanol–water partition coefficient (Wildman–Crippen LogP) is 6.09. The molecule has 5 aliphatic heterocycles. The highest BCUT2D eigenvalue weighted by molar-refractivity contribution is 7.09. The number of rotatable bonds is 12. The van der Waals surface area contributed by atoms with E-state index in [0.717, 1.165) is 11.1 Å². The van der Waals surface area contributed by atoms with Crippen molar-refractivity contribution in [3.8, 4) is 11.5 Å². The number of Topliss-reactive ketones (excluding diaryl/α,β-unsaturated/α-hetero) is 1. The molecule has 18 nitrogen and oxygen atoms in total. The van der Waals surface area contributed by atoms with Crippen LogP contribution in [0.25, 0.3) is 0 Å². The third kappa shape index (κ3) is 8.94. The maximum atomic E-state index is 14.5. The van der Waals surface area contributed by atoms with Crippen LogP contribution in [0.1, 0.15) is 105 Å². The van der Waals surface area contributed by atoms with Crippen LogP contribution >= 0.6 is 11.3 Å². The van der Waals surface area contributed by atoms with Gasteiger partial charge in [-0.05, 0) is 66.2 Å². The fourth-order valence-corrected chi connectivity index (χ4v) is 9.41. The number of oxime groups is 1. The van der Waals surface area contributed by atoms with Gasteiger partial charge in [0.1, 0.15) is 22.9 Å². The van der Waals surface area contributed by atoms with Gasteiger partial charge in [-0.25, -0.2) is 19.4 Å². The first-order valence-corrected chi connectivity index (χ1v) is 23.5. The minimum atomic E-state index is -2.49. The number of hydrogen-bond donors (Lipinski definition) is 0. The zero-order valence-corrected chi connectivity index (χ0v) is 40.0. The number of hydrogen-bond acceptors (Lipinski definition) is 17. The van der Waals surface area contributed by atoms with E-state index in [1.807, 2.05) is 60.7 Å². The first-order valence-electron chi connectivity index (χ1n) is 22.6. The molecule has 2 amide bonds. The number of aryl methyl sites for hydroxylation is 1. The Balaban J connectivity index is 0.959. The Morgan fingerprint density at radius 2 is 1.45 bits per heavy atom. The molecule has 19 heteroatoms. The highest BCUT2D eigenvalue weighted by atomic mass is 32.1. The lowest BCUT2D eigenvalue weighted by Gasteiger charge is -2.35. The number of carbonyl (C=O) groups is 6. The maximum absolute atomic E-state index is 14.5. The van der Waals surface area contributed by atoms with Crippen LogP contribution in [0.15, 0.2) is 83.3 Å². The van der Waals surface area contributed by atoms with Crippen LogP contribution in [0.3, 0.4) is 0 Å². The zero-order chi connectivity index (χ0) is 49.1. The molecule has 3 atom stereocenters. The van der Waals surface area contributed by atoms with Gasteiger partial charge >= 0.3 is 29.4 Å². The second-order valence-corrected chi connectivity index (χ2v) is 20.6. The van der Waals surface area contributed by atoms with Gasteiger partial charge in [0.2, 0.25) is 5.60 Å². The number of aromatic nitrogens is 1. The molecule has 6 heterocycles. The number of carbonyl (C=O) groups excluding carboxylic acids is 6. The third-order valence-corrected chi connectivity index (χ3v) is 12.9. The summed E-state index contributed by atoms with van der Waals surface area (Å²) in [7, 11) is 0. The Morgan fingerprint density at radius 1 is 0.841 bits per heavy atom. The van der Waals surface area contributed by atoms with Crippen LogP contribution in [0.4, 0.5) is 0 Å². The van der Waals surface area contributed by atoms with Crippen molar-refractivity contribution in [1.82, 2.24) is 14.9 Å². The van der Waals surface area contributed by atoms with Gasteiger partial charge in [-0.3, -0.25) is 19.2 Å². The number of esters is 3. The molecular formula is C50H52N4O14S. The van der Waals surface area contributed by atoms with Crippen molar-refractivity contribution in [3.05, 3.63) is 111 Å². The van der Waals surface area contributed by atoms with E-state index in [2.05, 4.69) is 10.1 Å². The van der Waals surface area contributed by atoms with E-state index in [0.29, 0.717) is 27.1 Å². The lowest BCUT2D eigenvalue weighted by molar-refractivity contribution is -0.263. The molecule has 0 aliphatic carbocycles. The molecule has 3 saturated heterocycles. The average molecular weight is 965 g/mol. The van der Waals surface area contributed by atoms with Gasteiger partial charge in [0, 0.05) is 47.9 Å². The highest BCUT2D eigenvalue weighted by Gasteiger charge is 2.65. The monoisotopic (exact) mass is 964 g/mol. The van der Waals surface area contributed by atoms with Crippen molar-refractivity contribution in [2.24, 2.45) is 11.1 Å². The fourth-order valence-electron chi connectivity index (χ4n) is 8.82. The number of thiazole rings is 1. The zero-order valence-electron chi connectivity index (χ0n) is 39.2. The lowest BCUT2D eigenvalue weighted by Crippen LogP contribution is -2.57. The fraction of sp³-hybridized carbons (Fsp3) is 0.440. The molecule has 1 unspecified atom stereocenters. The largest absolute Gasteiger partial charge is 0.457 e. The van der Waals surface area contributed by atoms with Gasteiger partial charge in [-0.15, -0.1) is 11.3 Å². The summed E-state index contributed by atoms with van der Waals surface area (Å²) in [5, 5.41) is 7.09. The number of benzene rings is 3. The predicted molar refractivity (Wildman–Crippen MR) is 243 cm³/mol. The van der Waals surface area contributed by atoms with Crippen molar-refractivity contribution < 1.29 is 66.9 Å². The molecular weight excluding hydrogens is 913 g/mol. The van der Waals surface area contributed by atoms with Crippen LogP contribution < -0.4 is 9.47 Å². The van der Waals surface area contributed by atoms with Crippen molar-refractivity contribution >= 4 is 52.6 Å². The number of cyclic esters (lactones) is 1. The molecule has 362 valence electrons. The summed E-state index contributed by atoms with van der Waals surface area (Å²) < 4.78 is 36.0. The van der Waals surface area contributed by atoms with Crippen LogP contribution in [0, 0.1) is 12.8 Å². The molecule has 5 aliphatic rings. The quantitative estimate of drug-likeness (QED) is 0.0681. The smallest absolute Gasteiger partial charge is 0.375 e. The molecule has 0 radical (unpaired) electrons. The molecule has 4 aromatic rings. The van der Waals surface area contributed by atoms with Crippen LogP contribution in [-0.2, 0) is 64.9 Å². The Kier molecular flexibility index (Phi) is 12.1. The Morgan fingerprint density at radius 3 is 2.04 bits per heavy atom. The summed E-state index contributed by atoms with van der Waals surface area (Å²) in [5.74, 6) is -6.75. The Labute approximate surface area is 401 Å². The van der Waals surface area contributed by atoms with Gasteiger partial charge in [-0.1, -0.05) is 65.8 Å². The van der Waals surface area contributed by atoms with Crippen molar-refractivity contribution in [1.29, 1.82) is 0 Å². The number of ketones is 1. The van der Waals surface area contributed by atoms with E-state index in [1.165, 1.54) is 16.2 Å². The summed E-state index contributed by atoms with van der Waals surface area (Å²) in [6.45, 7) is 11.6. The average Bonchev–Trinajstić information content (AvgIpc) is 4.13. The molecule has 0 N–H and O–H groups in total. The van der Waals surface area contributed by atoms with Gasteiger partial charge in [-0.2, -0.15) is 5.06 Å². The molecule has 69 heavy (non-hydrogen) atoms. The SMILES string of the molecule is Cc1nc(/C(=N/OC2(C(=O)OC(C)(C)C)CCOCC2)C(=O)C[C@H]2CON(C3(C(=O)OC(C)(C)C)C[C@H](N4Cc5cc6c(cc5C4=O)OC(c4ccccc4)(c4ccccc4)O6)C(=O)O3)C2=O)cs1.